The van der Waals surface area contributed by atoms with Crippen LogP contribution in [0.4, 0.5) is 0 Å². The highest BCUT2D eigenvalue weighted by Crippen LogP contribution is 2.38. The molecule has 2 aliphatic rings. The van der Waals surface area contributed by atoms with Crippen molar-refractivity contribution in [3.8, 4) is 0 Å². The van der Waals surface area contributed by atoms with Crippen molar-refractivity contribution in [1.82, 2.24) is 0 Å². The van der Waals surface area contributed by atoms with E-state index in [9.17, 15) is 4.79 Å². The van der Waals surface area contributed by atoms with E-state index < -0.39 is 0 Å². The van der Waals surface area contributed by atoms with Crippen LogP contribution in [0.2, 0.25) is 0 Å². The van der Waals surface area contributed by atoms with Crippen molar-refractivity contribution < 1.29 is 9.53 Å². The fourth-order valence-electron chi connectivity index (χ4n) is 1.88. The number of ketones is 1. The van der Waals surface area contributed by atoms with Crippen LogP contribution >= 0.6 is 39.1 Å². The van der Waals surface area contributed by atoms with Crippen molar-refractivity contribution in [3.05, 3.63) is 10.7 Å². The molecule has 4 atom stereocenters. The Balaban J connectivity index is 2.18. The minimum absolute atomic E-state index is 0.0791. The average molecular weight is 300 g/mol. The van der Waals surface area contributed by atoms with Gasteiger partial charge in [0.05, 0.1) is 21.2 Å². The lowest BCUT2D eigenvalue weighted by atomic mass is 9.82. The lowest BCUT2D eigenvalue weighted by molar-refractivity contribution is -0.125. The second-order valence-electron chi connectivity index (χ2n) is 3.61. The molecule has 0 radical (unpaired) electrons. The van der Waals surface area contributed by atoms with E-state index in [2.05, 4.69) is 15.9 Å². The standard InChI is InChI=1S/C9H9BrCl2O2/c10-5-3-14-8-2-7(12)6(11)1-4(8)9(5)13/h3-4,6-8H,1-2H2. The first kappa shape index (κ1) is 10.8. The fourth-order valence-corrected chi connectivity index (χ4v) is 2.86. The maximum Gasteiger partial charge on any atom is 0.179 e. The van der Waals surface area contributed by atoms with Gasteiger partial charge in [0, 0.05) is 6.42 Å². The summed E-state index contributed by atoms with van der Waals surface area (Å²) in [5.41, 5.74) is 0. The van der Waals surface area contributed by atoms with Crippen molar-refractivity contribution in [2.75, 3.05) is 0 Å². The molecule has 0 amide bonds. The minimum Gasteiger partial charge on any atom is -0.496 e. The monoisotopic (exact) mass is 298 g/mol. The predicted octanol–water partition coefficient (Wildman–Crippen LogP) is 2.82. The smallest absolute Gasteiger partial charge is 0.179 e. The number of alkyl halides is 2. The summed E-state index contributed by atoms with van der Waals surface area (Å²) >= 11 is 15.2. The number of Topliss-reactive ketones (excluding diaryl/α,β-unsaturated/α-hetero) is 1. The van der Waals surface area contributed by atoms with Crippen LogP contribution in [-0.4, -0.2) is 22.6 Å². The molecule has 1 saturated carbocycles. The summed E-state index contributed by atoms with van der Waals surface area (Å²) in [6, 6.07) is 0. The Morgan fingerprint density at radius 2 is 2.00 bits per heavy atom. The number of rotatable bonds is 0. The summed E-state index contributed by atoms with van der Waals surface area (Å²) in [6.45, 7) is 0. The summed E-state index contributed by atoms with van der Waals surface area (Å²) in [6.07, 6.45) is 2.61. The molecule has 0 N–H and O–H groups in total. The Morgan fingerprint density at radius 1 is 1.36 bits per heavy atom. The minimum atomic E-state index is -0.135. The van der Waals surface area contributed by atoms with Crippen LogP contribution < -0.4 is 0 Å². The van der Waals surface area contributed by atoms with E-state index in [0.29, 0.717) is 17.3 Å². The van der Waals surface area contributed by atoms with Crippen LogP contribution in [0.5, 0.6) is 0 Å². The number of fused-ring (bicyclic) bond motifs is 1. The van der Waals surface area contributed by atoms with E-state index in [4.69, 9.17) is 27.9 Å². The van der Waals surface area contributed by atoms with E-state index in [1.807, 2.05) is 0 Å². The van der Waals surface area contributed by atoms with E-state index in [-0.39, 0.29) is 28.6 Å². The molecule has 2 rings (SSSR count). The Bertz CT molecular complexity index is 293. The quantitative estimate of drug-likeness (QED) is 0.643. The molecule has 0 saturated heterocycles. The van der Waals surface area contributed by atoms with Gasteiger partial charge in [-0.25, -0.2) is 0 Å². The topological polar surface area (TPSA) is 26.3 Å². The zero-order valence-corrected chi connectivity index (χ0v) is 10.3. The van der Waals surface area contributed by atoms with Gasteiger partial charge in [-0.05, 0) is 22.4 Å². The molecule has 14 heavy (non-hydrogen) atoms. The molecule has 1 heterocycles. The predicted molar refractivity (Wildman–Crippen MR) is 58.9 cm³/mol. The molecule has 0 aromatic heterocycles. The van der Waals surface area contributed by atoms with Gasteiger partial charge in [0.25, 0.3) is 0 Å². The Hall–Kier alpha value is 0.270. The van der Waals surface area contributed by atoms with Gasteiger partial charge >= 0.3 is 0 Å². The van der Waals surface area contributed by atoms with Gasteiger partial charge in [-0.15, -0.1) is 23.2 Å². The molecule has 0 spiro atoms. The first-order chi connectivity index (χ1) is 6.59. The Labute approximate surface area is 101 Å². The highest BCUT2D eigenvalue weighted by atomic mass is 79.9. The lowest BCUT2D eigenvalue weighted by Crippen LogP contribution is -2.43. The average Bonchev–Trinajstić information content (AvgIpc) is 2.15. The second kappa shape index (κ2) is 4.03. The number of hydrogen-bond acceptors (Lipinski definition) is 2. The summed E-state index contributed by atoms with van der Waals surface area (Å²) in [5.74, 6) is -0.0534. The normalized spacial score (nSPS) is 42.5. The fraction of sp³-hybridized carbons (Fsp3) is 0.667. The Morgan fingerprint density at radius 3 is 2.71 bits per heavy atom. The number of ether oxygens (including phenoxy) is 1. The third-order valence-corrected chi connectivity index (χ3v) is 4.37. The molecule has 1 fully saturated rings. The maximum absolute atomic E-state index is 11.7. The molecule has 4 unspecified atom stereocenters. The number of carbonyl (C=O) groups excluding carboxylic acids is 1. The summed E-state index contributed by atoms with van der Waals surface area (Å²) in [7, 11) is 0. The zero-order valence-electron chi connectivity index (χ0n) is 7.25. The van der Waals surface area contributed by atoms with Crippen molar-refractivity contribution in [2.45, 2.75) is 29.7 Å². The third-order valence-electron chi connectivity index (χ3n) is 2.70. The van der Waals surface area contributed by atoms with Crippen molar-refractivity contribution in [1.29, 1.82) is 0 Å². The largest absolute Gasteiger partial charge is 0.496 e. The van der Waals surface area contributed by atoms with Crippen molar-refractivity contribution >= 4 is 44.9 Å². The third kappa shape index (κ3) is 1.82. The summed E-state index contributed by atoms with van der Waals surface area (Å²) < 4.78 is 5.91. The second-order valence-corrected chi connectivity index (χ2v) is 5.59. The van der Waals surface area contributed by atoms with E-state index in [0.717, 1.165) is 0 Å². The molecule has 1 aliphatic heterocycles. The molecule has 0 aromatic carbocycles. The van der Waals surface area contributed by atoms with E-state index in [1.54, 1.807) is 0 Å². The molecule has 0 bridgehead atoms. The van der Waals surface area contributed by atoms with Crippen LogP contribution in [0.25, 0.3) is 0 Å². The van der Waals surface area contributed by atoms with Crippen LogP contribution in [0.15, 0.2) is 10.7 Å². The van der Waals surface area contributed by atoms with Gasteiger partial charge in [-0.1, -0.05) is 0 Å². The number of halogens is 3. The first-order valence-electron chi connectivity index (χ1n) is 4.43. The van der Waals surface area contributed by atoms with Crippen LogP contribution in [0.3, 0.4) is 0 Å². The SMILES string of the molecule is O=C1C(Br)=COC2CC(Cl)C(Cl)CC12. The molecule has 5 heteroatoms. The van der Waals surface area contributed by atoms with Gasteiger partial charge in [-0.3, -0.25) is 4.79 Å². The van der Waals surface area contributed by atoms with Gasteiger partial charge in [0.15, 0.2) is 5.78 Å². The molecular weight excluding hydrogens is 291 g/mol. The molecule has 78 valence electrons. The summed E-state index contributed by atoms with van der Waals surface area (Å²) in [5, 5.41) is -0.236. The number of hydrogen-bond donors (Lipinski definition) is 0. The molecule has 1 aliphatic carbocycles. The maximum atomic E-state index is 11.7. The van der Waals surface area contributed by atoms with E-state index in [1.165, 1.54) is 6.26 Å². The van der Waals surface area contributed by atoms with Gasteiger partial charge < -0.3 is 4.74 Å². The van der Waals surface area contributed by atoms with Crippen LogP contribution in [0, 0.1) is 5.92 Å². The summed E-state index contributed by atoms with van der Waals surface area (Å²) in [4.78, 5) is 11.7. The highest BCUT2D eigenvalue weighted by molar-refractivity contribution is 9.12. The van der Waals surface area contributed by atoms with Crippen LogP contribution in [0.1, 0.15) is 12.8 Å². The van der Waals surface area contributed by atoms with Crippen molar-refractivity contribution in [2.24, 2.45) is 5.92 Å². The first-order valence-corrected chi connectivity index (χ1v) is 6.09. The van der Waals surface area contributed by atoms with E-state index >= 15 is 0 Å². The number of carbonyl (C=O) groups is 1. The van der Waals surface area contributed by atoms with Gasteiger partial charge in [-0.2, -0.15) is 0 Å². The molecular formula is C9H9BrCl2O2. The Kier molecular flexibility index (Phi) is 3.10. The number of allylic oxidation sites excluding steroid dienone is 1. The van der Waals surface area contributed by atoms with Crippen LogP contribution in [-0.2, 0) is 9.53 Å². The molecule has 0 aromatic rings. The van der Waals surface area contributed by atoms with Gasteiger partial charge in [0.2, 0.25) is 0 Å². The van der Waals surface area contributed by atoms with Gasteiger partial charge in [0.1, 0.15) is 12.4 Å². The lowest BCUT2D eigenvalue weighted by Gasteiger charge is -2.37. The molecule has 2 nitrogen and oxygen atoms in total. The highest BCUT2D eigenvalue weighted by Gasteiger charge is 2.42. The zero-order chi connectivity index (χ0) is 10.3. The van der Waals surface area contributed by atoms with Crippen molar-refractivity contribution in [3.63, 3.8) is 0 Å².